The number of amides is 1. The third kappa shape index (κ3) is 7.25. The van der Waals surface area contributed by atoms with Crippen molar-refractivity contribution in [2.75, 3.05) is 18.5 Å². The Labute approximate surface area is 155 Å². The Morgan fingerprint density at radius 1 is 1.12 bits per heavy atom. The zero-order chi connectivity index (χ0) is 19.7. The van der Waals surface area contributed by atoms with Crippen LogP contribution in [0.25, 0.3) is 0 Å². The summed E-state index contributed by atoms with van der Waals surface area (Å²) in [6.07, 6.45) is 0.830. The Morgan fingerprint density at radius 2 is 1.73 bits per heavy atom. The molecule has 0 saturated heterocycles. The molecule has 144 valence electrons. The van der Waals surface area contributed by atoms with E-state index in [4.69, 9.17) is 9.57 Å². The molecule has 0 spiro atoms. The molecule has 0 bridgehead atoms. The van der Waals surface area contributed by atoms with Crippen LogP contribution in [0.5, 0.6) is 0 Å². The van der Waals surface area contributed by atoms with Crippen molar-refractivity contribution >= 4 is 23.3 Å². The van der Waals surface area contributed by atoms with E-state index in [1.807, 2.05) is 52.8 Å². The number of esters is 1. The molecule has 0 aromatic heterocycles. The van der Waals surface area contributed by atoms with Crippen LogP contribution in [-0.2, 0) is 19.2 Å². The number of nitrogens with one attached hydrogen (secondary N) is 1. The fraction of sp³-hybridized carbons (Fsp3) is 0.550. The minimum atomic E-state index is -0.351. The third-order valence-electron chi connectivity index (χ3n) is 4.16. The highest BCUT2D eigenvalue weighted by Gasteiger charge is 2.26. The average molecular weight is 362 g/mol. The van der Waals surface area contributed by atoms with Gasteiger partial charge in [0, 0.05) is 11.1 Å². The van der Waals surface area contributed by atoms with Crippen LogP contribution >= 0.6 is 0 Å². The van der Waals surface area contributed by atoms with Crippen LogP contribution in [0.3, 0.4) is 0 Å². The lowest BCUT2D eigenvalue weighted by Crippen LogP contribution is -2.28. The molecule has 1 N–H and O–H groups in total. The van der Waals surface area contributed by atoms with Crippen molar-refractivity contribution in [1.29, 1.82) is 0 Å². The van der Waals surface area contributed by atoms with Gasteiger partial charge in [0.2, 0.25) is 0 Å². The highest BCUT2D eigenvalue weighted by atomic mass is 16.6. The highest BCUT2D eigenvalue weighted by Crippen LogP contribution is 2.24. The zero-order valence-corrected chi connectivity index (χ0v) is 16.6. The predicted octanol–water partition coefficient (Wildman–Crippen LogP) is 4.00. The van der Waals surface area contributed by atoms with E-state index in [1.54, 1.807) is 6.92 Å². The average Bonchev–Trinajstić information content (AvgIpc) is 2.53. The van der Waals surface area contributed by atoms with Gasteiger partial charge in [0.15, 0.2) is 6.61 Å². The van der Waals surface area contributed by atoms with E-state index >= 15 is 0 Å². The molecule has 6 nitrogen and oxygen atoms in total. The van der Waals surface area contributed by atoms with Crippen LogP contribution in [0, 0.1) is 19.3 Å². The summed E-state index contributed by atoms with van der Waals surface area (Å²) >= 11 is 0. The summed E-state index contributed by atoms with van der Waals surface area (Å²) in [6.45, 7) is 11.8. The molecule has 0 aliphatic rings. The fourth-order valence-electron chi connectivity index (χ4n) is 2.36. The predicted molar refractivity (Wildman–Crippen MR) is 103 cm³/mol. The van der Waals surface area contributed by atoms with Gasteiger partial charge in [0.25, 0.3) is 5.91 Å². The summed E-state index contributed by atoms with van der Waals surface area (Å²) in [6, 6.07) is 5.81. The number of oxime groups is 1. The van der Waals surface area contributed by atoms with Gasteiger partial charge in [0.1, 0.15) is 0 Å². The number of hydrogen-bond acceptors (Lipinski definition) is 5. The molecule has 0 aliphatic heterocycles. The van der Waals surface area contributed by atoms with Gasteiger partial charge in [-0.25, -0.2) is 0 Å². The van der Waals surface area contributed by atoms with Crippen LogP contribution < -0.4 is 5.32 Å². The first-order valence-corrected chi connectivity index (χ1v) is 8.91. The maximum absolute atomic E-state index is 12.1. The molecule has 1 amide bonds. The largest absolute Gasteiger partial charge is 0.466 e. The lowest BCUT2D eigenvalue weighted by atomic mass is 9.83. The zero-order valence-electron chi connectivity index (χ0n) is 16.6. The summed E-state index contributed by atoms with van der Waals surface area (Å²) < 4.78 is 4.99. The number of rotatable bonds is 9. The smallest absolute Gasteiger partial charge is 0.311 e. The molecule has 0 radical (unpaired) electrons. The van der Waals surface area contributed by atoms with E-state index in [2.05, 4.69) is 10.5 Å². The standard InChI is InChI=1S/C20H30N2O4/c1-7-20(5,6)17(12-19(24)25-8-2)22-26-13-18(23)21-16-10-14(3)9-15(4)11-16/h9-11H,7-8,12-13H2,1-6H3,(H,21,23)/b22-17+. The topological polar surface area (TPSA) is 77.0 Å². The Kier molecular flexibility index (Phi) is 8.29. The van der Waals surface area contributed by atoms with Crippen molar-refractivity contribution in [3.05, 3.63) is 29.3 Å². The molecule has 0 atom stereocenters. The minimum absolute atomic E-state index is 0.0490. The van der Waals surface area contributed by atoms with Crippen molar-refractivity contribution < 1.29 is 19.2 Å². The Morgan fingerprint density at radius 3 is 2.27 bits per heavy atom. The monoisotopic (exact) mass is 362 g/mol. The molecule has 1 aromatic carbocycles. The van der Waals surface area contributed by atoms with E-state index in [1.165, 1.54) is 0 Å². The number of hydrogen-bond donors (Lipinski definition) is 1. The van der Waals surface area contributed by atoms with Crippen LogP contribution in [0.1, 0.15) is 51.7 Å². The lowest BCUT2D eigenvalue weighted by Gasteiger charge is -2.24. The van der Waals surface area contributed by atoms with Gasteiger partial charge in [-0.2, -0.15) is 0 Å². The molecule has 0 fully saturated rings. The van der Waals surface area contributed by atoms with Gasteiger partial charge in [-0.3, -0.25) is 9.59 Å². The van der Waals surface area contributed by atoms with Crippen molar-refractivity contribution in [3.8, 4) is 0 Å². The van der Waals surface area contributed by atoms with Gasteiger partial charge < -0.3 is 14.9 Å². The van der Waals surface area contributed by atoms with Crippen molar-refractivity contribution in [2.45, 2.75) is 54.4 Å². The number of carbonyl (C=O) groups excluding carboxylic acids is 2. The molecule has 1 rings (SSSR count). The van der Waals surface area contributed by atoms with E-state index in [9.17, 15) is 9.59 Å². The maximum Gasteiger partial charge on any atom is 0.311 e. The number of nitrogens with zero attached hydrogens (tertiary/aromatic N) is 1. The Bertz CT molecular complexity index is 646. The van der Waals surface area contributed by atoms with E-state index in [-0.39, 0.29) is 30.3 Å². The molecule has 0 aliphatic carbocycles. The lowest BCUT2D eigenvalue weighted by molar-refractivity contribution is -0.141. The third-order valence-corrected chi connectivity index (χ3v) is 4.16. The minimum Gasteiger partial charge on any atom is -0.466 e. The first kappa shape index (κ1) is 21.7. The van der Waals surface area contributed by atoms with Crippen LogP contribution in [-0.4, -0.2) is 30.8 Å². The Balaban J connectivity index is 2.70. The number of benzene rings is 1. The number of ether oxygens (including phenoxy) is 1. The molecule has 26 heavy (non-hydrogen) atoms. The second kappa shape index (κ2) is 9.94. The summed E-state index contributed by atoms with van der Waals surface area (Å²) in [5.74, 6) is -0.653. The van der Waals surface area contributed by atoms with E-state index < -0.39 is 0 Å². The molecule has 0 saturated carbocycles. The summed E-state index contributed by atoms with van der Waals surface area (Å²) in [4.78, 5) is 29.1. The SMILES string of the molecule is CCOC(=O)C/C(=N\OCC(=O)Nc1cc(C)cc(C)c1)C(C)(C)CC. The second-order valence-corrected chi connectivity index (χ2v) is 6.96. The fourth-order valence-corrected chi connectivity index (χ4v) is 2.36. The first-order chi connectivity index (χ1) is 12.2. The quantitative estimate of drug-likeness (QED) is 0.409. The van der Waals surface area contributed by atoms with Gasteiger partial charge in [-0.1, -0.05) is 32.0 Å². The van der Waals surface area contributed by atoms with Crippen molar-refractivity contribution in [2.24, 2.45) is 10.6 Å². The summed E-state index contributed by atoms with van der Waals surface area (Å²) in [5.41, 5.74) is 3.11. The van der Waals surface area contributed by atoms with Crippen LogP contribution in [0.2, 0.25) is 0 Å². The van der Waals surface area contributed by atoms with Crippen molar-refractivity contribution in [1.82, 2.24) is 0 Å². The Hall–Kier alpha value is -2.37. The molecule has 0 heterocycles. The van der Waals surface area contributed by atoms with Gasteiger partial charge >= 0.3 is 5.97 Å². The normalized spacial score (nSPS) is 11.8. The van der Waals surface area contributed by atoms with Gasteiger partial charge in [0.05, 0.1) is 18.7 Å². The highest BCUT2D eigenvalue weighted by molar-refractivity contribution is 6.01. The summed E-state index contributed by atoms with van der Waals surface area (Å²) in [5, 5.41) is 6.85. The summed E-state index contributed by atoms with van der Waals surface area (Å²) in [7, 11) is 0. The van der Waals surface area contributed by atoms with Crippen LogP contribution in [0.15, 0.2) is 23.4 Å². The molecular formula is C20H30N2O4. The number of carbonyl (C=O) groups is 2. The second-order valence-electron chi connectivity index (χ2n) is 6.96. The molecule has 0 unspecified atom stereocenters. The number of aryl methyl sites for hydroxylation is 2. The number of anilines is 1. The maximum atomic E-state index is 12.1. The molecule has 6 heteroatoms. The van der Waals surface area contributed by atoms with Gasteiger partial charge in [-0.15, -0.1) is 0 Å². The molecular weight excluding hydrogens is 332 g/mol. The van der Waals surface area contributed by atoms with Crippen LogP contribution in [0.4, 0.5) is 5.69 Å². The van der Waals surface area contributed by atoms with E-state index in [0.717, 1.165) is 23.2 Å². The van der Waals surface area contributed by atoms with E-state index in [0.29, 0.717) is 12.3 Å². The van der Waals surface area contributed by atoms with Gasteiger partial charge in [-0.05, 0) is 50.5 Å². The van der Waals surface area contributed by atoms with Crippen molar-refractivity contribution in [3.63, 3.8) is 0 Å². The molecule has 1 aromatic rings. The first-order valence-electron chi connectivity index (χ1n) is 8.91.